The minimum Gasteiger partial charge on any atom is -0.381 e. The first-order valence-electron chi connectivity index (χ1n) is 8.74. The molecule has 3 nitrogen and oxygen atoms in total. The largest absolute Gasteiger partial charge is 0.381 e. The molecule has 1 aliphatic heterocycles. The van der Waals surface area contributed by atoms with Gasteiger partial charge in [0.05, 0.1) is 0 Å². The van der Waals surface area contributed by atoms with E-state index in [-0.39, 0.29) is 0 Å². The van der Waals surface area contributed by atoms with Crippen LogP contribution in [-0.4, -0.2) is 49.8 Å². The molecule has 0 spiro atoms. The molecule has 0 saturated carbocycles. The summed E-state index contributed by atoms with van der Waals surface area (Å²) < 4.78 is 5.69. The van der Waals surface area contributed by atoms with E-state index in [4.69, 9.17) is 4.74 Å². The van der Waals surface area contributed by atoms with E-state index in [9.17, 15) is 0 Å². The Hall–Kier alpha value is -0.120. The summed E-state index contributed by atoms with van der Waals surface area (Å²) in [5.41, 5.74) is 0. The third-order valence-electron chi connectivity index (χ3n) is 4.32. The summed E-state index contributed by atoms with van der Waals surface area (Å²) in [6, 6.07) is 1.38. The van der Waals surface area contributed by atoms with Crippen molar-refractivity contribution in [3.05, 3.63) is 0 Å². The first kappa shape index (κ1) is 17.9. The van der Waals surface area contributed by atoms with Gasteiger partial charge in [0.2, 0.25) is 0 Å². The smallest absolute Gasteiger partial charge is 0.0478 e. The SMILES string of the molecule is CCCCOCCCN1CC(CCC)NCC1C(C)C. The Kier molecular flexibility index (Phi) is 9.49. The van der Waals surface area contributed by atoms with Crippen LogP contribution in [0, 0.1) is 5.92 Å². The molecule has 120 valence electrons. The standard InChI is InChI=1S/C17H36N2O/c1-5-7-11-20-12-8-10-19-14-16(9-6-2)18-13-17(19)15(3)4/h15-18H,5-14H2,1-4H3. The van der Waals surface area contributed by atoms with Gasteiger partial charge in [-0.2, -0.15) is 0 Å². The second kappa shape index (κ2) is 10.6. The molecule has 0 radical (unpaired) electrons. The van der Waals surface area contributed by atoms with Crippen molar-refractivity contribution in [1.29, 1.82) is 0 Å². The molecular formula is C17H36N2O. The highest BCUT2D eigenvalue weighted by Crippen LogP contribution is 2.17. The highest BCUT2D eigenvalue weighted by atomic mass is 16.5. The van der Waals surface area contributed by atoms with Crippen molar-refractivity contribution in [3.63, 3.8) is 0 Å². The third kappa shape index (κ3) is 6.55. The van der Waals surface area contributed by atoms with Crippen molar-refractivity contribution >= 4 is 0 Å². The van der Waals surface area contributed by atoms with Crippen molar-refractivity contribution in [2.75, 3.05) is 32.8 Å². The molecule has 0 aromatic carbocycles. The number of rotatable bonds is 10. The van der Waals surface area contributed by atoms with Crippen LogP contribution in [0.1, 0.15) is 59.8 Å². The fourth-order valence-electron chi connectivity index (χ4n) is 3.07. The minimum absolute atomic E-state index is 0.691. The van der Waals surface area contributed by atoms with Gasteiger partial charge in [-0.3, -0.25) is 4.90 Å². The van der Waals surface area contributed by atoms with Crippen molar-refractivity contribution < 1.29 is 4.74 Å². The van der Waals surface area contributed by atoms with Gasteiger partial charge in [-0.15, -0.1) is 0 Å². The van der Waals surface area contributed by atoms with Crippen molar-refractivity contribution in [2.45, 2.75) is 71.9 Å². The van der Waals surface area contributed by atoms with Gasteiger partial charge in [0.15, 0.2) is 0 Å². The van der Waals surface area contributed by atoms with E-state index < -0.39 is 0 Å². The molecule has 1 heterocycles. The van der Waals surface area contributed by atoms with Crippen molar-refractivity contribution in [1.82, 2.24) is 10.2 Å². The summed E-state index contributed by atoms with van der Waals surface area (Å²) in [4.78, 5) is 2.70. The molecule has 0 amide bonds. The van der Waals surface area contributed by atoms with E-state index in [1.807, 2.05) is 0 Å². The second-order valence-electron chi connectivity index (χ2n) is 6.52. The number of nitrogens with zero attached hydrogens (tertiary/aromatic N) is 1. The van der Waals surface area contributed by atoms with Crippen LogP contribution >= 0.6 is 0 Å². The molecule has 2 unspecified atom stereocenters. The number of nitrogens with one attached hydrogen (secondary N) is 1. The van der Waals surface area contributed by atoms with Gasteiger partial charge < -0.3 is 10.1 Å². The molecule has 1 saturated heterocycles. The van der Waals surface area contributed by atoms with Gasteiger partial charge in [0.25, 0.3) is 0 Å². The minimum atomic E-state index is 0.691. The maximum absolute atomic E-state index is 5.69. The van der Waals surface area contributed by atoms with Gasteiger partial charge in [0.1, 0.15) is 0 Å². The molecular weight excluding hydrogens is 248 g/mol. The van der Waals surface area contributed by atoms with Crippen LogP contribution in [0.15, 0.2) is 0 Å². The molecule has 1 aliphatic rings. The fourth-order valence-corrected chi connectivity index (χ4v) is 3.07. The Morgan fingerprint density at radius 3 is 2.55 bits per heavy atom. The van der Waals surface area contributed by atoms with E-state index in [1.54, 1.807) is 0 Å². The molecule has 0 aliphatic carbocycles. The maximum atomic E-state index is 5.69. The molecule has 0 aromatic rings. The lowest BCUT2D eigenvalue weighted by molar-refractivity contribution is 0.0728. The summed E-state index contributed by atoms with van der Waals surface area (Å²) in [6.07, 6.45) is 6.17. The third-order valence-corrected chi connectivity index (χ3v) is 4.32. The van der Waals surface area contributed by atoms with Crippen LogP contribution in [0.3, 0.4) is 0 Å². The highest BCUT2D eigenvalue weighted by molar-refractivity contribution is 4.87. The number of ether oxygens (including phenoxy) is 1. The summed E-state index contributed by atoms with van der Waals surface area (Å²) in [6.45, 7) is 14.6. The van der Waals surface area contributed by atoms with Crippen LogP contribution in [0.25, 0.3) is 0 Å². The first-order chi connectivity index (χ1) is 9.69. The number of piperazine rings is 1. The summed E-state index contributed by atoms with van der Waals surface area (Å²) in [5, 5.41) is 3.73. The summed E-state index contributed by atoms with van der Waals surface area (Å²) in [7, 11) is 0. The average molecular weight is 284 g/mol. The van der Waals surface area contributed by atoms with E-state index in [2.05, 4.69) is 37.9 Å². The maximum Gasteiger partial charge on any atom is 0.0478 e. The van der Waals surface area contributed by atoms with Crippen LogP contribution in [0.5, 0.6) is 0 Å². The van der Waals surface area contributed by atoms with E-state index in [1.165, 1.54) is 45.2 Å². The first-order valence-corrected chi connectivity index (χ1v) is 8.74. The van der Waals surface area contributed by atoms with E-state index >= 15 is 0 Å². The quantitative estimate of drug-likeness (QED) is 0.623. The van der Waals surface area contributed by atoms with Crippen LogP contribution in [-0.2, 0) is 4.74 Å². The Bertz CT molecular complexity index is 233. The zero-order valence-corrected chi connectivity index (χ0v) is 14.2. The Morgan fingerprint density at radius 2 is 1.90 bits per heavy atom. The molecule has 20 heavy (non-hydrogen) atoms. The molecule has 0 aromatic heterocycles. The van der Waals surface area contributed by atoms with Crippen LogP contribution in [0.2, 0.25) is 0 Å². The Labute approximate surface area is 126 Å². The molecule has 3 heteroatoms. The van der Waals surface area contributed by atoms with Gasteiger partial charge in [-0.1, -0.05) is 40.5 Å². The highest BCUT2D eigenvalue weighted by Gasteiger charge is 2.28. The van der Waals surface area contributed by atoms with Gasteiger partial charge in [-0.25, -0.2) is 0 Å². The molecule has 2 atom stereocenters. The number of hydrogen-bond donors (Lipinski definition) is 1. The lowest BCUT2D eigenvalue weighted by Crippen LogP contribution is -2.58. The Morgan fingerprint density at radius 1 is 1.15 bits per heavy atom. The van der Waals surface area contributed by atoms with Gasteiger partial charge in [-0.05, 0) is 25.2 Å². The predicted octanol–water partition coefficient (Wildman–Crippen LogP) is 3.29. The summed E-state index contributed by atoms with van der Waals surface area (Å²) >= 11 is 0. The van der Waals surface area contributed by atoms with Crippen LogP contribution < -0.4 is 5.32 Å². The van der Waals surface area contributed by atoms with Gasteiger partial charge >= 0.3 is 0 Å². The average Bonchev–Trinajstić information content (AvgIpc) is 2.43. The zero-order valence-electron chi connectivity index (χ0n) is 14.2. The van der Waals surface area contributed by atoms with Crippen molar-refractivity contribution in [2.24, 2.45) is 5.92 Å². The molecule has 1 fully saturated rings. The lowest BCUT2D eigenvalue weighted by atomic mass is 9.97. The zero-order chi connectivity index (χ0) is 14.8. The molecule has 1 N–H and O–H groups in total. The predicted molar refractivity (Wildman–Crippen MR) is 87.2 cm³/mol. The van der Waals surface area contributed by atoms with Crippen LogP contribution in [0.4, 0.5) is 0 Å². The van der Waals surface area contributed by atoms with Crippen molar-refractivity contribution in [3.8, 4) is 0 Å². The Balaban J connectivity index is 2.28. The fraction of sp³-hybridized carbons (Fsp3) is 1.00. The monoisotopic (exact) mass is 284 g/mol. The van der Waals surface area contributed by atoms with Gasteiger partial charge in [0, 0.05) is 44.9 Å². The number of hydrogen-bond acceptors (Lipinski definition) is 3. The number of unbranched alkanes of at least 4 members (excludes halogenated alkanes) is 1. The van der Waals surface area contributed by atoms with E-state index in [0.29, 0.717) is 12.1 Å². The van der Waals surface area contributed by atoms with E-state index in [0.717, 1.165) is 25.7 Å². The molecule has 1 rings (SSSR count). The second-order valence-corrected chi connectivity index (χ2v) is 6.52. The topological polar surface area (TPSA) is 24.5 Å². The summed E-state index contributed by atoms with van der Waals surface area (Å²) in [5.74, 6) is 0.728. The normalized spacial score (nSPS) is 24.4. The molecule has 0 bridgehead atoms. The lowest BCUT2D eigenvalue weighted by Gasteiger charge is -2.42.